The Morgan fingerprint density at radius 2 is 1.80 bits per heavy atom. The van der Waals surface area contributed by atoms with E-state index < -0.39 is 23.9 Å². The average molecular weight is 281 g/mol. The first-order chi connectivity index (χ1) is 9.47. The Morgan fingerprint density at radius 1 is 1.20 bits per heavy atom. The molecule has 1 rings (SSSR count). The number of ketones is 1. The normalized spacial score (nSPS) is 11.3. The van der Waals surface area contributed by atoms with Gasteiger partial charge in [-0.2, -0.15) is 0 Å². The fraction of sp³-hybridized carbons (Fsp3) is 0.308. The number of ether oxygens (including phenoxy) is 2. The van der Waals surface area contributed by atoms with Gasteiger partial charge in [0.25, 0.3) is 0 Å². The van der Waals surface area contributed by atoms with Crippen molar-refractivity contribution in [1.29, 1.82) is 0 Å². The molecule has 0 aliphatic carbocycles. The quantitative estimate of drug-likeness (QED) is 0.756. The van der Waals surface area contributed by atoms with Crippen LogP contribution in [0.1, 0.15) is 16.8 Å². The monoisotopic (exact) mass is 281 g/mol. The summed E-state index contributed by atoms with van der Waals surface area (Å²) in [5.74, 6) is -1.13. The summed E-state index contributed by atoms with van der Waals surface area (Å²) < 4.78 is 9.26. The number of hydrogen-bond acceptors (Lipinski definition) is 5. The van der Waals surface area contributed by atoms with Gasteiger partial charge in [-0.15, -0.1) is 0 Å². The van der Waals surface area contributed by atoms with Crippen LogP contribution in [-0.4, -0.2) is 43.2 Å². The third kappa shape index (κ3) is 4.27. The molecule has 0 spiro atoms. The van der Waals surface area contributed by atoms with Gasteiger partial charge in [-0.3, -0.25) is 4.79 Å². The molecule has 0 heterocycles. The molecule has 0 unspecified atom stereocenters. The van der Waals surface area contributed by atoms with Crippen LogP contribution in [-0.2, 0) is 9.53 Å². The number of amides is 1. The van der Waals surface area contributed by atoms with Crippen molar-refractivity contribution in [1.82, 2.24) is 5.32 Å². The number of hydrogen-bond donors (Lipinski definition) is 2. The molecule has 2 N–H and O–H groups in total. The zero-order valence-electron chi connectivity index (χ0n) is 11.1. The summed E-state index contributed by atoms with van der Waals surface area (Å²) in [6.45, 7) is 0. The van der Waals surface area contributed by atoms with Gasteiger partial charge in [0.05, 0.1) is 14.2 Å². The number of methoxy groups -OCH3 is 2. The number of Topliss-reactive ketones (excluding diaryl/α,β-unsaturated/α-hetero) is 1. The summed E-state index contributed by atoms with van der Waals surface area (Å²) >= 11 is 0. The third-order valence-electron chi connectivity index (χ3n) is 2.58. The van der Waals surface area contributed by atoms with Crippen molar-refractivity contribution in [3.8, 4) is 5.75 Å². The highest BCUT2D eigenvalue weighted by Crippen LogP contribution is 2.13. The highest BCUT2D eigenvalue weighted by Gasteiger charge is 2.24. The fourth-order valence-electron chi connectivity index (χ4n) is 1.48. The molecule has 0 saturated heterocycles. The lowest BCUT2D eigenvalue weighted by Gasteiger charge is -2.12. The van der Waals surface area contributed by atoms with Crippen molar-refractivity contribution >= 4 is 17.8 Å². The Bertz CT molecular complexity index is 496. The molecule has 0 aliphatic rings. The molecule has 1 amide bonds. The molecule has 0 radical (unpaired) electrons. The van der Waals surface area contributed by atoms with Crippen LogP contribution >= 0.6 is 0 Å². The Balaban J connectivity index is 2.74. The minimum atomic E-state index is -1.34. The molecule has 20 heavy (non-hydrogen) atoms. The number of carboxylic acid groups (broad SMARTS) is 1. The first-order valence-electron chi connectivity index (χ1n) is 5.72. The van der Waals surface area contributed by atoms with Gasteiger partial charge in [0.15, 0.2) is 5.78 Å². The minimum Gasteiger partial charge on any atom is -0.497 e. The lowest BCUT2D eigenvalue weighted by atomic mass is 10.0. The molecular weight excluding hydrogens is 266 g/mol. The molecule has 1 aromatic carbocycles. The molecule has 7 nitrogen and oxygen atoms in total. The summed E-state index contributed by atoms with van der Waals surface area (Å²) in [5.41, 5.74) is 0.337. The van der Waals surface area contributed by atoms with E-state index in [-0.39, 0.29) is 6.42 Å². The van der Waals surface area contributed by atoms with Gasteiger partial charge in [-0.1, -0.05) is 0 Å². The van der Waals surface area contributed by atoms with E-state index in [4.69, 9.17) is 9.84 Å². The highest BCUT2D eigenvalue weighted by molar-refractivity contribution is 5.99. The van der Waals surface area contributed by atoms with Crippen LogP contribution in [0.5, 0.6) is 5.75 Å². The van der Waals surface area contributed by atoms with Crippen molar-refractivity contribution in [2.45, 2.75) is 12.5 Å². The van der Waals surface area contributed by atoms with Gasteiger partial charge in [0, 0.05) is 12.0 Å². The van der Waals surface area contributed by atoms with Gasteiger partial charge in [0.1, 0.15) is 11.8 Å². The molecule has 0 aliphatic heterocycles. The molecule has 1 aromatic rings. The largest absolute Gasteiger partial charge is 0.497 e. The number of aliphatic carboxylic acids is 1. The number of nitrogens with one attached hydrogen (secondary N) is 1. The topological polar surface area (TPSA) is 102 Å². The Morgan fingerprint density at radius 3 is 2.25 bits per heavy atom. The van der Waals surface area contributed by atoms with Gasteiger partial charge in [0.2, 0.25) is 0 Å². The van der Waals surface area contributed by atoms with E-state index in [1.807, 2.05) is 0 Å². The van der Waals surface area contributed by atoms with E-state index in [0.29, 0.717) is 11.3 Å². The van der Waals surface area contributed by atoms with Gasteiger partial charge < -0.3 is 19.9 Å². The second-order valence-corrected chi connectivity index (χ2v) is 3.88. The Kier molecular flexibility index (Phi) is 5.52. The molecule has 0 aromatic heterocycles. The van der Waals surface area contributed by atoms with E-state index in [9.17, 15) is 14.4 Å². The molecule has 0 fully saturated rings. The van der Waals surface area contributed by atoms with Crippen LogP contribution in [0.25, 0.3) is 0 Å². The fourth-order valence-corrected chi connectivity index (χ4v) is 1.48. The van der Waals surface area contributed by atoms with Crippen molar-refractivity contribution in [2.75, 3.05) is 14.2 Å². The second kappa shape index (κ2) is 7.13. The average Bonchev–Trinajstić information content (AvgIpc) is 2.46. The zero-order valence-corrected chi connectivity index (χ0v) is 11.1. The SMILES string of the molecule is COC(=O)N[C@@H](CC(=O)c1ccc(OC)cc1)C(=O)O. The lowest BCUT2D eigenvalue weighted by molar-refractivity contribution is -0.139. The summed E-state index contributed by atoms with van der Waals surface area (Å²) in [7, 11) is 2.61. The molecule has 108 valence electrons. The number of alkyl carbamates (subject to hydrolysis) is 1. The van der Waals surface area contributed by atoms with Crippen molar-refractivity contribution in [3.63, 3.8) is 0 Å². The predicted molar refractivity (Wildman–Crippen MR) is 68.9 cm³/mol. The summed E-state index contributed by atoms with van der Waals surface area (Å²) in [6.07, 6.45) is -1.27. The summed E-state index contributed by atoms with van der Waals surface area (Å²) in [6, 6.07) is 4.90. The summed E-state index contributed by atoms with van der Waals surface area (Å²) in [5, 5.41) is 11.0. The number of benzene rings is 1. The Labute approximate surface area is 115 Å². The van der Waals surface area contributed by atoms with Crippen LogP contribution in [0.2, 0.25) is 0 Å². The van der Waals surface area contributed by atoms with Gasteiger partial charge in [-0.25, -0.2) is 9.59 Å². The number of rotatable bonds is 6. The van der Waals surface area contributed by atoms with Crippen LogP contribution in [0.15, 0.2) is 24.3 Å². The van der Waals surface area contributed by atoms with Crippen molar-refractivity contribution in [2.24, 2.45) is 0 Å². The molecule has 0 bridgehead atoms. The third-order valence-corrected chi connectivity index (χ3v) is 2.58. The van der Waals surface area contributed by atoms with Crippen molar-refractivity contribution in [3.05, 3.63) is 29.8 Å². The van der Waals surface area contributed by atoms with Gasteiger partial charge >= 0.3 is 12.1 Å². The van der Waals surface area contributed by atoms with Gasteiger partial charge in [-0.05, 0) is 24.3 Å². The second-order valence-electron chi connectivity index (χ2n) is 3.88. The van der Waals surface area contributed by atoms with Crippen molar-refractivity contribution < 1.29 is 29.0 Å². The van der Waals surface area contributed by atoms with Crippen LogP contribution < -0.4 is 10.1 Å². The number of carbonyl (C=O) groups excluding carboxylic acids is 2. The standard InChI is InChI=1S/C13H15NO6/c1-19-9-5-3-8(4-6-9)11(15)7-10(12(16)17)14-13(18)20-2/h3-6,10H,7H2,1-2H3,(H,14,18)(H,16,17)/t10-/m0/s1. The van der Waals surface area contributed by atoms with E-state index in [2.05, 4.69) is 10.1 Å². The maximum Gasteiger partial charge on any atom is 0.407 e. The molecule has 0 saturated carbocycles. The molecular formula is C13H15NO6. The maximum absolute atomic E-state index is 11.9. The minimum absolute atomic E-state index is 0.337. The molecule has 7 heteroatoms. The maximum atomic E-state index is 11.9. The van der Waals surface area contributed by atoms with Crippen LogP contribution in [0, 0.1) is 0 Å². The smallest absolute Gasteiger partial charge is 0.407 e. The number of carboxylic acids is 1. The summed E-state index contributed by atoms with van der Waals surface area (Å²) in [4.78, 5) is 33.9. The first-order valence-corrected chi connectivity index (χ1v) is 5.72. The zero-order chi connectivity index (χ0) is 15.1. The van der Waals surface area contributed by atoms with E-state index in [1.54, 1.807) is 12.1 Å². The lowest BCUT2D eigenvalue weighted by Crippen LogP contribution is -2.42. The van der Waals surface area contributed by atoms with E-state index >= 15 is 0 Å². The van der Waals surface area contributed by atoms with Crippen LogP contribution in [0.4, 0.5) is 4.79 Å². The van der Waals surface area contributed by atoms with E-state index in [0.717, 1.165) is 7.11 Å². The highest BCUT2D eigenvalue weighted by atomic mass is 16.5. The number of carbonyl (C=O) groups is 3. The van der Waals surface area contributed by atoms with E-state index in [1.165, 1.54) is 19.2 Å². The van der Waals surface area contributed by atoms with Crippen LogP contribution in [0.3, 0.4) is 0 Å². The first kappa shape index (κ1) is 15.5. The molecule has 1 atom stereocenters. The Hall–Kier alpha value is -2.57. The predicted octanol–water partition coefficient (Wildman–Crippen LogP) is 1.08.